The van der Waals surface area contributed by atoms with Crippen molar-refractivity contribution in [2.45, 2.75) is 25.4 Å². The van der Waals surface area contributed by atoms with Crippen LogP contribution in [0.5, 0.6) is 0 Å². The van der Waals surface area contributed by atoms with Crippen molar-refractivity contribution in [3.8, 4) is 0 Å². The summed E-state index contributed by atoms with van der Waals surface area (Å²) < 4.78 is 0. The second-order valence-electron chi connectivity index (χ2n) is 6.66. The van der Waals surface area contributed by atoms with Gasteiger partial charge in [0.1, 0.15) is 6.04 Å². The van der Waals surface area contributed by atoms with Crippen LogP contribution >= 0.6 is 0 Å². The Morgan fingerprint density at radius 3 is 2.59 bits per heavy atom. The van der Waals surface area contributed by atoms with Crippen molar-refractivity contribution in [1.29, 1.82) is 0 Å². The highest BCUT2D eigenvalue weighted by atomic mass is 16.2. The number of imide groups is 1. The standard InChI is InChI=1S/C21H19N3O3/c1-13-15-8-5-9-16(22-12-14-6-3-2-4-7-14)19(15)21(27)24(13)17-10-11-18(25)23-20(17)26/h2-9,17,22H,1,10-12H2,(H,23,25,26). The number of piperidine rings is 1. The number of hydrogen-bond acceptors (Lipinski definition) is 4. The molecule has 3 amide bonds. The van der Waals surface area contributed by atoms with E-state index in [1.54, 1.807) is 0 Å². The molecule has 1 unspecified atom stereocenters. The number of carbonyl (C=O) groups excluding carboxylic acids is 3. The van der Waals surface area contributed by atoms with E-state index in [1.165, 1.54) is 4.90 Å². The minimum atomic E-state index is -0.711. The van der Waals surface area contributed by atoms with Crippen molar-refractivity contribution in [2.24, 2.45) is 0 Å². The molecular weight excluding hydrogens is 342 g/mol. The van der Waals surface area contributed by atoms with E-state index in [2.05, 4.69) is 17.2 Å². The van der Waals surface area contributed by atoms with Gasteiger partial charge in [-0.25, -0.2) is 0 Å². The molecule has 1 fully saturated rings. The molecule has 6 nitrogen and oxygen atoms in total. The van der Waals surface area contributed by atoms with Crippen LogP contribution in [0.4, 0.5) is 5.69 Å². The fraction of sp³-hybridized carbons (Fsp3) is 0.190. The number of fused-ring (bicyclic) bond motifs is 1. The number of rotatable bonds is 4. The monoisotopic (exact) mass is 361 g/mol. The lowest BCUT2D eigenvalue weighted by Gasteiger charge is -2.30. The summed E-state index contributed by atoms with van der Waals surface area (Å²) in [6, 6.07) is 14.7. The first kappa shape index (κ1) is 17.0. The maximum Gasteiger partial charge on any atom is 0.261 e. The minimum Gasteiger partial charge on any atom is -0.380 e. The number of anilines is 1. The van der Waals surface area contributed by atoms with Gasteiger partial charge in [-0.05, 0) is 18.1 Å². The maximum absolute atomic E-state index is 13.1. The maximum atomic E-state index is 13.1. The van der Waals surface area contributed by atoms with Gasteiger partial charge in [-0.3, -0.25) is 24.6 Å². The van der Waals surface area contributed by atoms with Gasteiger partial charge in [0, 0.05) is 29.9 Å². The molecule has 6 heteroatoms. The van der Waals surface area contributed by atoms with Gasteiger partial charge in [0.05, 0.1) is 5.56 Å². The molecule has 0 bridgehead atoms. The Balaban J connectivity index is 1.61. The van der Waals surface area contributed by atoms with Crippen LogP contribution in [0.2, 0.25) is 0 Å². The summed E-state index contributed by atoms with van der Waals surface area (Å²) in [5.74, 6) is -1.02. The second-order valence-corrected chi connectivity index (χ2v) is 6.66. The highest BCUT2D eigenvalue weighted by Crippen LogP contribution is 2.38. The van der Waals surface area contributed by atoms with Gasteiger partial charge in [-0.15, -0.1) is 0 Å². The lowest BCUT2D eigenvalue weighted by molar-refractivity contribution is -0.136. The molecule has 136 valence electrons. The van der Waals surface area contributed by atoms with Crippen LogP contribution < -0.4 is 10.6 Å². The summed E-state index contributed by atoms with van der Waals surface area (Å²) in [6.07, 6.45) is 0.513. The van der Waals surface area contributed by atoms with Crippen LogP contribution in [0, 0.1) is 0 Å². The van der Waals surface area contributed by atoms with E-state index in [1.807, 2.05) is 48.5 Å². The molecule has 2 heterocycles. The molecule has 0 spiro atoms. The van der Waals surface area contributed by atoms with E-state index in [4.69, 9.17) is 0 Å². The Labute approximate surface area is 156 Å². The zero-order chi connectivity index (χ0) is 19.0. The lowest BCUT2D eigenvalue weighted by Crippen LogP contribution is -2.52. The summed E-state index contributed by atoms with van der Waals surface area (Å²) in [7, 11) is 0. The second kappa shape index (κ2) is 6.72. The molecule has 0 saturated carbocycles. The largest absolute Gasteiger partial charge is 0.380 e. The predicted octanol–water partition coefficient (Wildman–Crippen LogP) is 2.53. The highest BCUT2D eigenvalue weighted by Gasteiger charge is 2.42. The quantitative estimate of drug-likeness (QED) is 0.821. The Morgan fingerprint density at radius 2 is 1.85 bits per heavy atom. The number of carbonyl (C=O) groups is 3. The van der Waals surface area contributed by atoms with Crippen LogP contribution in [0.1, 0.15) is 34.3 Å². The van der Waals surface area contributed by atoms with E-state index >= 15 is 0 Å². The summed E-state index contributed by atoms with van der Waals surface area (Å²) in [5.41, 5.74) is 3.53. The van der Waals surface area contributed by atoms with Crippen LogP contribution in [0.25, 0.3) is 5.70 Å². The predicted molar refractivity (Wildman–Crippen MR) is 102 cm³/mol. The van der Waals surface area contributed by atoms with E-state index in [-0.39, 0.29) is 18.2 Å². The normalized spacial score (nSPS) is 19.1. The zero-order valence-electron chi connectivity index (χ0n) is 14.7. The molecule has 1 atom stereocenters. The summed E-state index contributed by atoms with van der Waals surface area (Å²) in [5, 5.41) is 5.62. The number of hydrogen-bond donors (Lipinski definition) is 2. The molecule has 27 heavy (non-hydrogen) atoms. The van der Waals surface area contributed by atoms with Gasteiger partial charge >= 0.3 is 0 Å². The number of amides is 3. The molecule has 0 aromatic heterocycles. The van der Waals surface area contributed by atoms with Crippen LogP contribution in [-0.2, 0) is 16.1 Å². The van der Waals surface area contributed by atoms with Crippen LogP contribution in [0.3, 0.4) is 0 Å². The van der Waals surface area contributed by atoms with Crippen molar-refractivity contribution in [3.05, 3.63) is 71.8 Å². The lowest BCUT2D eigenvalue weighted by atomic mass is 10.0. The van der Waals surface area contributed by atoms with Crippen molar-refractivity contribution in [2.75, 3.05) is 5.32 Å². The fourth-order valence-electron chi connectivity index (χ4n) is 3.59. The van der Waals surface area contributed by atoms with Gasteiger partial charge in [0.2, 0.25) is 11.8 Å². The van der Waals surface area contributed by atoms with Gasteiger partial charge in [-0.2, -0.15) is 0 Å². The molecule has 1 saturated heterocycles. The van der Waals surface area contributed by atoms with Gasteiger partial charge in [0.15, 0.2) is 0 Å². The van der Waals surface area contributed by atoms with Gasteiger partial charge in [-0.1, -0.05) is 49.0 Å². The highest BCUT2D eigenvalue weighted by molar-refractivity contribution is 6.15. The van der Waals surface area contributed by atoms with Gasteiger partial charge in [0.25, 0.3) is 5.91 Å². The van der Waals surface area contributed by atoms with Crippen molar-refractivity contribution in [3.63, 3.8) is 0 Å². The molecule has 4 rings (SSSR count). The third kappa shape index (κ3) is 2.99. The molecule has 2 aromatic rings. The number of nitrogens with one attached hydrogen (secondary N) is 2. The first-order valence-electron chi connectivity index (χ1n) is 8.83. The third-order valence-corrected chi connectivity index (χ3v) is 4.95. The smallest absolute Gasteiger partial charge is 0.261 e. The average Bonchev–Trinajstić information content (AvgIpc) is 2.93. The van der Waals surface area contributed by atoms with Crippen molar-refractivity contribution in [1.82, 2.24) is 10.2 Å². The van der Waals surface area contributed by atoms with E-state index < -0.39 is 11.9 Å². The zero-order valence-corrected chi connectivity index (χ0v) is 14.7. The molecule has 0 radical (unpaired) electrons. The fourth-order valence-corrected chi connectivity index (χ4v) is 3.59. The van der Waals surface area contributed by atoms with E-state index in [0.717, 1.165) is 5.56 Å². The molecule has 0 aliphatic carbocycles. The molecule has 2 N–H and O–H groups in total. The Bertz CT molecular complexity index is 952. The van der Waals surface area contributed by atoms with E-state index in [9.17, 15) is 14.4 Å². The van der Waals surface area contributed by atoms with E-state index in [0.29, 0.717) is 35.5 Å². The first-order valence-corrected chi connectivity index (χ1v) is 8.83. The van der Waals surface area contributed by atoms with Crippen molar-refractivity contribution >= 4 is 29.1 Å². The van der Waals surface area contributed by atoms with Crippen LogP contribution in [0.15, 0.2) is 55.1 Å². The Kier molecular flexibility index (Phi) is 4.24. The topological polar surface area (TPSA) is 78.5 Å². The third-order valence-electron chi connectivity index (χ3n) is 4.95. The first-order chi connectivity index (χ1) is 13.1. The van der Waals surface area contributed by atoms with Crippen LogP contribution in [-0.4, -0.2) is 28.7 Å². The summed E-state index contributed by atoms with van der Waals surface area (Å²) in [4.78, 5) is 38.2. The minimum absolute atomic E-state index is 0.211. The molecule has 2 aliphatic rings. The summed E-state index contributed by atoms with van der Waals surface area (Å²) in [6.45, 7) is 4.61. The Hall–Kier alpha value is -3.41. The molecule has 2 aromatic carbocycles. The SMILES string of the molecule is C=C1c2cccc(NCc3ccccc3)c2C(=O)N1C1CCC(=O)NC1=O. The number of benzene rings is 2. The van der Waals surface area contributed by atoms with Gasteiger partial charge < -0.3 is 5.32 Å². The summed E-state index contributed by atoms with van der Waals surface area (Å²) >= 11 is 0. The Morgan fingerprint density at radius 1 is 1.07 bits per heavy atom. The molecule has 2 aliphatic heterocycles. The molecular formula is C21H19N3O3. The average molecular weight is 361 g/mol. The van der Waals surface area contributed by atoms with Crippen molar-refractivity contribution < 1.29 is 14.4 Å². The number of nitrogens with zero attached hydrogens (tertiary/aromatic N) is 1.